The Morgan fingerprint density at radius 1 is 1.21 bits per heavy atom. The highest BCUT2D eigenvalue weighted by atomic mass is 32.2. The fourth-order valence-electron chi connectivity index (χ4n) is 3.61. The van der Waals surface area contributed by atoms with Crippen molar-refractivity contribution in [1.29, 1.82) is 5.26 Å². The van der Waals surface area contributed by atoms with E-state index in [9.17, 15) is 23.9 Å². The van der Waals surface area contributed by atoms with Gasteiger partial charge in [-0.2, -0.15) is 5.26 Å². The van der Waals surface area contributed by atoms with Gasteiger partial charge in [0.25, 0.3) is 10.0 Å². The zero-order valence-electron chi connectivity index (χ0n) is 18.1. The highest BCUT2D eigenvalue weighted by Crippen LogP contribution is 2.19. The van der Waals surface area contributed by atoms with Gasteiger partial charge in [0.05, 0.1) is 32.5 Å². The summed E-state index contributed by atoms with van der Waals surface area (Å²) in [6.45, 7) is 4.19. The lowest BCUT2D eigenvalue weighted by Crippen LogP contribution is -2.59. The average Bonchev–Trinajstić information content (AvgIpc) is 2.82. The molecule has 33 heavy (non-hydrogen) atoms. The molecule has 0 aromatic heterocycles. The lowest BCUT2D eigenvalue weighted by atomic mass is 9.99. The van der Waals surface area contributed by atoms with E-state index in [2.05, 4.69) is 14.9 Å². The molecule has 1 aromatic carbocycles. The van der Waals surface area contributed by atoms with Gasteiger partial charge in [0.2, 0.25) is 0 Å². The Morgan fingerprint density at radius 2 is 1.91 bits per heavy atom. The smallest absolute Gasteiger partial charge is 0.251 e. The molecular weight excluding hydrogens is 452 g/mol. The summed E-state index contributed by atoms with van der Waals surface area (Å²) >= 11 is 0. The van der Waals surface area contributed by atoms with E-state index < -0.39 is 45.9 Å². The molecule has 3 rings (SSSR count). The van der Waals surface area contributed by atoms with Gasteiger partial charge in [-0.25, -0.2) is 13.1 Å². The number of aliphatic hydroxyl groups excluding tert-OH is 3. The maximum Gasteiger partial charge on any atom is 0.251 e. The topological polar surface area (TPSA) is 164 Å². The zero-order chi connectivity index (χ0) is 23.8. The Kier molecular flexibility index (Phi) is 9.19. The summed E-state index contributed by atoms with van der Waals surface area (Å²) in [4.78, 5) is 1.77. The van der Waals surface area contributed by atoms with Crippen LogP contribution in [0.4, 0.5) is 5.69 Å². The second-order valence-electron chi connectivity index (χ2n) is 7.89. The first-order chi connectivity index (χ1) is 15.8. The molecule has 182 valence electrons. The van der Waals surface area contributed by atoms with Crippen molar-refractivity contribution in [3.05, 3.63) is 34.7 Å². The van der Waals surface area contributed by atoms with Crippen LogP contribution in [0, 0.1) is 11.3 Å². The largest absolute Gasteiger partial charge is 0.394 e. The van der Waals surface area contributed by atoms with E-state index in [1.54, 1.807) is 30.3 Å². The van der Waals surface area contributed by atoms with Gasteiger partial charge in [-0.1, -0.05) is 12.1 Å². The van der Waals surface area contributed by atoms with Crippen molar-refractivity contribution in [2.45, 2.75) is 24.4 Å². The molecule has 2 fully saturated rings. The monoisotopic (exact) mass is 482 g/mol. The third-order valence-corrected chi connectivity index (χ3v) is 6.99. The van der Waals surface area contributed by atoms with Crippen LogP contribution in [0.5, 0.6) is 0 Å². The molecule has 11 nitrogen and oxygen atoms in total. The standard InChI is InChI=1S/C21H30N4O7S/c22-12-17(33(29,30)24-18-14-32-19(13-26)21(28)20(18)27)11-15-1-3-16(4-2-15)23-5-6-25-7-9-31-10-8-25/h1-4,11,18-21,23-24,26-28H,5-10,13-14H2/b17-11+/t18-,19+,20+,21+/m0/s1. The number of hydrogen-bond donors (Lipinski definition) is 5. The van der Waals surface area contributed by atoms with E-state index in [1.807, 2.05) is 0 Å². The maximum atomic E-state index is 12.7. The van der Waals surface area contributed by atoms with Crippen LogP contribution in [-0.4, -0.2) is 106 Å². The van der Waals surface area contributed by atoms with Crippen molar-refractivity contribution in [1.82, 2.24) is 9.62 Å². The van der Waals surface area contributed by atoms with Crippen LogP contribution in [0.2, 0.25) is 0 Å². The summed E-state index contributed by atoms with van der Waals surface area (Å²) in [6, 6.07) is 7.48. The maximum absolute atomic E-state index is 12.7. The lowest BCUT2D eigenvalue weighted by molar-refractivity contribution is -0.158. The number of sulfonamides is 1. The number of benzene rings is 1. The second kappa shape index (κ2) is 11.9. The number of nitrogens with one attached hydrogen (secondary N) is 2. The van der Waals surface area contributed by atoms with Crippen LogP contribution in [0.1, 0.15) is 5.56 Å². The molecule has 0 radical (unpaired) electrons. The normalized spacial score (nSPS) is 27.2. The Bertz CT molecular complexity index is 942. The Labute approximate surface area is 193 Å². The van der Waals surface area contributed by atoms with E-state index in [4.69, 9.17) is 14.6 Å². The van der Waals surface area contributed by atoms with Gasteiger partial charge in [-0.15, -0.1) is 0 Å². The molecule has 2 aliphatic rings. The number of ether oxygens (including phenoxy) is 2. The fraction of sp³-hybridized carbons (Fsp3) is 0.571. The van der Waals surface area contributed by atoms with Gasteiger partial charge in [-0.05, 0) is 23.8 Å². The minimum Gasteiger partial charge on any atom is -0.394 e. The fourth-order valence-corrected chi connectivity index (χ4v) is 4.76. The molecule has 2 saturated heterocycles. The Hall–Kier alpha value is -2.08. The van der Waals surface area contributed by atoms with Crippen LogP contribution >= 0.6 is 0 Å². The molecule has 0 amide bonds. The van der Waals surface area contributed by atoms with E-state index >= 15 is 0 Å². The molecule has 1 aromatic rings. The number of morpholine rings is 1. The summed E-state index contributed by atoms with van der Waals surface area (Å²) in [5, 5.41) is 41.9. The Morgan fingerprint density at radius 3 is 2.55 bits per heavy atom. The minimum absolute atomic E-state index is 0.258. The number of hydrogen-bond acceptors (Lipinski definition) is 10. The van der Waals surface area contributed by atoms with E-state index in [0.29, 0.717) is 5.56 Å². The number of aliphatic hydroxyl groups is 3. The first-order valence-corrected chi connectivity index (χ1v) is 12.2. The number of nitrogens with zero attached hydrogens (tertiary/aromatic N) is 2. The molecule has 5 N–H and O–H groups in total. The predicted octanol–water partition coefficient (Wildman–Crippen LogP) is -1.30. The third-order valence-electron chi connectivity index (χ3n) is 5.59. The van der Waals surface area contributed by atoms with Crippen molar-refractivity contribution in [2.75, 3.05) is 57.9 Å². The summed E-state index contributed by atoms with van der Waals surface area (Å²) in [5.41, 5.74) is 1.38. The van der Waals surface area contributed by atoms with Gasteiger partial charge in [0.1, 0.15) is 24.4 Å². The van der Waals surface area contributed by atoms with Crippen molar-refractivity contribution >= 4 is 21.8 Å². The highest BCUT2D eigenvalue weighted by molar-refractivity contribution is 7.93. The molecule has 0 aliphatic carbocycles. The molecule has 0 bridgehead atoms. The van der Waals surface area contributed by atoms with Crippen LogP contribution in [0.3, 0.4) is 0 Å². The van der Waals surface area contributed by atoms with E-state index in [0.717, 1.165) is 45.1 Å². The Balaban J connectivity index is 1.59. The van der Waals surface area contributed by atoms with E-state index in [1.165, 1.54) is 6.08 Å². The van der Waals surface area contributed by atoms with Gasteiger partial charge < -0.3 is 30.1 Å². The quantitative estimate of drug-likeness (QED) is 0.267. The summed E-state index contributed by atoms with van der Waals surface area (Å²) in [7, 11) is -4.28. The van der Waals surface area contributed by atoms with Crippen molar-refractivity contribution in [2.24, 2.45) is 0 Å². The van der Waals surface area contributed by atoms with Crippen LogP contribution in [-0.2, 0) is 19.5 Å². The molecule has 2 heterocycles. The minimum atomic E-state index is -4.28. The van der Waals surface area contributed by atoms with Crippen LogP contribution in [0.25, 0.3) is 6.08 Å². The number of rotatable bonds is 9. The van der Waals surface area contributed by atoms with Crippen molar-refractivity contribution in [3.8, 4) is 6.07 Å². The van der Waals surface area contributed by atoms with Crippen molar-refractivity contribution in [3.63, 3.8) is 0 Å². The SMILES string of the molecule is N#C/C(=C\c1ccc(NCCN2CCOCC2)cc1)S(=O)(=O)N[C@H]1CO[C@H](CO)[C@@H](O)[C@@H]1O. The number of nitriles is 1. The van der Waals surface area contributed by atoms with Gasteiger partial charge in [0.15, 0.2) is 4.91 Å². The first kappa shape index (κ1) is 25.5. The van der Waals surface area contributed by atoms with Crippen LogP contribution < -0.4 is 10.0 Å². The van der Waals surface area contributed by atoms with Gasteiger partial charge in [-0.3, -0.25) is 4.90 Å². The molecule has 4 atom stereocenters. The number of anilines is 1. The van der Waals surface area contributed by atoms with E-state index in [-0.39, 0.29) is 6.61 Å². The molecular formula is C21H30N4O7S. The van der Waals surface area contributed by atoms with Gasteiger partial charge >= 0.3 is 0 Å². The van der Waals surface area contributed by atoms with Crippen molar-refractivity contribution < 1.29 is 33.2 Å². The second-order valence-corrected chi connectivity index (χ2v) is 9.57. The third kappa shape index (κ3) is 6.95. The molecule has 0 saturated carbocycles. The predicted molar refractivity (Wildman–Crippen MR) is 120 cm³/mol. The first-order valence-electron chi connectivity index (χ1n) is 10.7. The molecule has 0 spiro atoms. The summed E-state index contributed by atoms with van der Waals surface area (Å²) in [5.74, 6) is 0. The zero-order valence-corrected chi connectivity index (χ0v) is 18.9. The lowest BCUT2D eigenvalue weighted by Gasteiger charge is -2.36. The summed E-state index contributed by atoms with van der Waals surface area (Å²) < 4.78 is 38.0. The summed E-state index contributed by atoms with van der Waals surface area (Å²) in [6.07, 6.45) is -2.74. The van der Waals surface area contributed by atoms with Crippen LogP contribution in [0.15, 0.2) is 29.2 Å². The highest BCUT2D eigenvalue weighted by Gasteiger charge is 2.40. The van der Waals surface area contributed by atoms with Gasteiger partial charge in [0, 0.05) is 31.9 Å². The average molecular weight is 483 g/mol. The molecule has 12 heteroatoms. The molecule has 0 unspecified atom stereocenters. The number of allylic oxidation sites excluding steroid dienone is 1. The molecule has 2 aliphatic heterocycles.